The standard InChI is InChI=1S/C12H13Cl2NO/c1-7(2)12(16)9(6-15)8-3-4-10(13)11(14)5-8/h3-5,9H,1,6,15H2,2H3. The van der Waals surface area contributed by atoms with Crippen LogP contribution in [-0.4, -0.2) is 12.3 Å². The van der Waals surface area contributed by atoms with Gasteiger partial charge in [-0.15, -0.1) is 0 Å². The molecule has 0 aliphatic rings. The Labute approximate surface area is 105 Å². The third-order valence-electron chi connectivity index (χ3n) is 2.32. The topological polar surface area (TPSA) is 43.1 Å². The van der Waals surface area contributed by atoms with Crippen LogP contribution >= 0.6 is 23.2 Å². The highest BCUT2D eigenvalue weighted by atomic mass is 35.5. The maximum Gasteiger partial charge on any atom is 0.166 e. The van der Waals surface area contributed by atoms with E-state index in [9.17, 15) is 4.79 Å². The van der Waals surface area contributed by atoms with Gasteiger partial charge in [0, 0.05) is 6.54 Å². The molecular formula is C12H13Cl2NO. The summed E-state index contributed by atoms with van der Waals surface area (Å²) in [6, 6.07) is 5.09. The molecule has 2 N–H and O–H groups in total. The first kappa shape index (κ1) is 13.2. The van der Waals surface area contributed by atoms with Crippen LogP contribution in [0.3, 0.4) is 0 Å². The number of ketones is 1. The SMILES string of the molecule is C=C(C)C(=O)C(CN)c1ccc(Cl)c(Cl)c1. The van der Waals surface area contributed by atoms with Gasteiger partial charge in [-0.2, -0.15) is 0 Å². The van der Waals surface area contributed by atoms with Crippen LogP contribution in [0.25, 0.3) is 0 Å². The van der Waals surface area contributed by atoms with Gasteiger partial charge in [0.25, 0.3) is 0 Å². The molecule has 1 rings (SSSR count). The van der Waals surface area contributed by atoms with Crippen molar-refractivity contribution in [2.24, 2.45) is 5.73 Å². The van der Waals surface area contributed by atoms with Crippen LogP contribution in [0.4, 0.5) is 0 Å². The Kier molecular flexibility index (Phi) is 4.54. The number of carbonyl (C=O) groups excluding carboxylic acids is 1. The fourth-order valence-electron chi connectivity index (χ4n) is 1.42. The first-order chi connectivity index (χ1) is 7.47. The number of hydrogen-bond acceptors (Lipinski definition) is 2. The molecule has 0 amide bonds. The Morgan fingerprint density at radius 2 is 2.06 bits per heavy atom. The van der Waals surface area contributed by atoms with Crippen LogP contribution in [0, 0.1) is 0 Å². The van der Waals surface area contributed by atoms with Crippen molar-refractivity contribution < 1.29 is 4.79 Å². The first-order valence-corrected chi connectivity index (χ1v) is 5.57. The van der Waals surface area contributed by atoms with Crippen molar-refractivity contribution in [3.05, 3.63) is 46.0 Å². The van der Waals surface area contributed by atoms with Gasteiger partial charge in [0.1, 0.15) is 0 Å². The summed E-state index contributed by atoms with van der Waals surface area (Å²) in [5.74, 6) is -0.465. The van der Waals surface area contributed by atoms with Gasteiger partial charge in [-0.3, -0.25) is 4.79 Å². The number of benzene rings is 1. The lowest BCUT2D eigenvalue weighted by Gasteiger charge is -2.14. The second-order valence-corrected chi connectivity index (χ2v) is 4.42. The molecule has 1 aromatic rings. The Morgan fingerprint density at radius 3 is 2.50 bits per heavy atom. The van der Waals surface area contributed by atoms with E-state index in [0.29, 0.717) is 15.6 Å². The summed E-state index contributed by atoms with van der Waals surface area (Å²) in [5.41, 5.74) is 6.85. The third-order valence-corrected chi connectivity index (χ3v) is 3.06. The van der Waals surface area contributed by atoms with Gasteiger partial charge in [0.2, 0.25) is 0 Å². The predicted octanol–water partition coefficient (Wildman–Crippen LogP) is 3.18. The number of halogens is 2. The van der Waals surface area contributed by atoms with Gasteiger partial charge in [0.05, 0.1) is 16.0 Å². The van der Waals surface area contributed by atoms with E-state index in [-0.39, 0.29) is 12.3 Å². The summed E-state index contributed by atoms with van der Waals surface area (Å²) in [4.78, 5) is 11.8. The Morgan fingerprint density at radius 1 is 1.44 bits per heavy atom. The van der Waals surface area contributed by atoms with E-state index in [1.807, 2.05) is 0 Å². The maximum absolute atomic E-state index is 11.8. The van der Waals surface area contributed by atoms with Crippen LogP contribution in [0.15, 0.2) is 30.4 Å². The highest BCUT2D eigenvalue weighted by Gasteiger charge is 2.20. The minimum absolute atomic E-state index is 0.0686. The molecule has 16 heavy (non-hydrogen) atoms. The summed E-state index contributed by atoms with van der Waals surface area (Å²) in [6.07, 6.45) is 0. The van der Waals surface area contributed by atoms with E-state index < -0.39 is 5.92 Å². The van der Waals surface area contributed by atoms with E-state index in [0.717, 1.165) is 5.56 Å². The lowest BCUT2D eigenvalue weighted by atomic mass is 9.92. The van der Waals surface area contributed by atoms with E-state index >= 15 is 0 Å². The fourth-order valence-corrected chi connectivity index (χ4v) is 1.73. The lowest BCUT2D eigenvalue weighted by molar-refractivity contribution is -0.116. The monoisotopic (exact) mass is 257 g/mol. The number of allylic oxidation sites excluding steroid dienone is 1. The first-order valence-electron chi connectivity index (χ1n) is 4.82. The smallest absolute Gasteiger partial charge is 0.166 e. The average Bonchev–Trinajstić information content (AvgIpc) is 2.24. The molecule has 1 unspecified atom stereocenters. The van der Waals surface area contributed by atoms with E-state index in [1.54, 1.807) is 25.1 Å². The number of Topliss-reactive ketones (excluding diaryl/α,β-unsaturated/α-hetero) is 1. The Hall–Kier alpha value is -0.830. The number of nitrogens with two attached hydrogens (primary N) is 1. The fraction of sp³-hybridized carbons (Fsp3) is 0.250. The molecule has 0 radical (unpaired) electrons. The van der Waals surface area contributed by atoms with Crippen molar-refractivity contribution in [3.8, 4) is 0 Å². The minimum Gasteiger partial charge on any atom is -0.329 e. The van der Waals surface area contributed by atoms with E-state index in [1.165, 1.54) is 0 Å². The van der Waals surface area contributed by atoms with Crippen LogP contribution < -0.4 is 5.73 Å². The molecule has 0 aromatic heterocycles. The average molecular weight is 258 g/mol. The van der Waals surface area contributed by atoms with Gasteiger partial charge < -0.3 is 5.73 Å². The van der Waals surface area contributed by atoms with Crippen molar-refractivity contribution in [1.82, 2.24) is 0 Å². The molecule has 0 spiro atoms. The molecule has 1 atom stereocenters. The quantitative estimate of drug-likeness (QED) is 0.843. The highest BCUT2D eigenvalue weighted by Crippen LogP contribution is 2.27. The van der Waals surface area contributed by atoms with Crippen molar-refractivity contribution >= 4 is 29.0 Å². The summed E-state index contributed by atoms with van der Waals surface area (Å²) in [6.45, 7) is 5.52. The van der Waals surface area contributed by atoms with Gasteiger partial charge in [0.15, 0.2) is 5.78 Å². The second-order valence-electron chi connectivity index (χ2n) is 3.61. The second kappa shape index (κ2) is 5.48. The van der Waals surface area contributed by atoms with Gasteiger partial charge in [-0.05, 0) is 30.2 Å². The zero-order chi connectivity index (χ0) is 12.3. The lowest BCUT2D eigenvalue weighted by Crippen LogP contribution is -2.22. The molecule has 86 valence electrons. The Bertz CT molecular complexity index is 429. The van der Waals surface area contributed by atoms with Crippen molar-refractivity contribution in [1.29, 1.82) is 0 Å². The number of rotatable bonds is 4. The Balaban J connectivity index is 3.09. The summed E-state index contributed by atoms with van der Waals surface area (Å²) in [7, 11) is 0. The van der Waals surface area contributed by atoms with Gasteiger partial charge in [-0.1, -0.05) is 35.8 Å². The molecule has 0 bridgehead atoms. The third kappa shape index (κ3) is 2.85. The molecule has 0 fully saturated rings. The summed E-state index contributed by atoms with van der Waals surface area (Å²) >= 11 is 11.7. The van der Waals surface area contributed by atoms with E-state index in [4.69, 9.17) is 28.9 Å². The molecule has 0 saturated heterocycles. The summed E-state index contributed by atoms with van der Waals surface area (Å²) < 4.78 is 0. The molecular weight excluding hydrogens is 245 g/mol. The predicted molar refractivity (Wildman–Crippen MR) is 68.1 cm³/mol. The molecule has 2 nitrogen and oxygen atoms in total. The number of hydrogen-bond donors (Lipinski definition) is 1. The van der Waals surface area contributed by atoms with Gasteiger partial charge >= 0.3 is 0 Å². The minimum atomic E-state index is -0.396. The molecule has 1 aromatic carbocycles. The van der Waals surface area contributed by atoms with Crippen molar-refractivity contribution in [3.63, 3.8) is 0 Å². The summed E-state index contributed by atoms with van der Waals surface area (Å²) in [5, 5.41) is 0.885. The normalized spacial score (nSPS) is 12.2. The molecule has 0 aliphatic heterocycles. The van der Waals surface area contributed by atoms with Crippen LogP contribution in [-0.2, 0) is 4.79 Å². The van der Waals surface area contributed by atoms with Crippen molar-refractivity contribution in [2.75, 3.05) is 6.54 Å². The molecule has 4 heteroatoms. The molecule has 0 heterocycles. The largest absolute Gasteiger partial charge is 0.329 e. The van der Waals surface area contributed by atoms with Gasteiger partial charge in [-0.25, -0.2) is 0 Å². The van der Waals surface area contributed by atoms with Crippen LogP contribution in [0.2, 0.25) is 10.0 Å². The van der Waals surface area contributed by atoms with Crippen LogP contribution in [0.5, 0.6) is 0 Å². The maximum atomic E-state index is 11.8. The van der Waals surface area contributed by atoms with Crippen LogP contribution in [0.1, 0.15) is 18.4 Å². The highest BCUT2D eigenvalue weighted by molar-refractivity contribution is 6.42. The zero-order valence-electron chi connectivity index (χ0n) is 8.97. The van der Waals surface area contributed by atoms with Crippen molar-refractivity contribution in [2.45, 2.75) is 12.8 Å². The number of carbonyl (C=O) groups is 1. The zero-order valence-corrected chi connectivity index (χ0v) is 10.5. The molecule has 0 saturated carbocycles. The van der Waals surface area contributed by atoms with E-state index in [2.05, 4.69) is 6.58 Å². The molecule has 0 aliphatic carbocycles.